The van der Waals surface area contributed by atoms with Crippen molar-refractivity contribution >= 4 is 23.6 Å². The van der Waals surface area contributed by atoms with Crippen molar-refractivity contribution in [2.75, 3.05) is 12.4 Å². The first-order valence-corrected chi connectivity index (χ1v) is 8.35. The van der Waals surface area contributed by atoms with E-state index in [0.29, 0.717) is 11.3 Å². The number of aromatic nitrogens is 2. The van der Waals surface area contributed by atoms with Gasteiger partial charge in [0.2, 0.25) is 5.91 Å². The number of anilines is 1. The first-order chi connectivity index (χ1) is 13.1. The first-order valence-electron chi connectivity index (χ1n) is 8.35. The Bertz CT molecular complexity index is 991. The largest absolute Gasteiger partial charge is 0.465 e. The van der Waals surface area contributed by atoms with Crippen LogP contribution in [0.1, 0.15) is 21.5 Å². The van der Waals surface area contributed by atoms with Crippen LogP contribution in [0.4, 0.5) is 5.69 Å². The molecule has 6 nitrogen and oxygen atoms in total. The van der Waals surface area contributed by atoms with Gasteiger partial charge in [0.15, 0.2) is 0 Å². The number of methoxy groups -OCH3 is 1. The lowest BCUT2D eigenvalue weighted by Gasteiger charge is -2.09. The summed E-state index contributed by atoms with van der Waals surface area (Å²) in [6.45, 7) is 1.86. The summed E-state index contributed by atoms with van der Waals surface area (Å²) in [5.41, 5.74) is 3.34. The molecule has 6 heteroatoms. The minimum atomic E-state index is -0.498. The number of aryl methyl sites for hydroxylation is 1. The highest BCUT2D eigenvalue weighted by atomic mass is 16.5. The van der Waals surface area contributed by atoms with Crippen molar-refractivity contribution in [2.24, 2.45) is 0 Å². The van der Waals surface area contributed by atoms with E-state index >= 15 is 0 Å². The number of carbonyl (C=O) groups excluding carboxylic acids is 2. The number of nitrogens with one attached hydrogen (secondary N) is 1. The van der Waals surface area contributed by atoms with Gasteiger partial charge in [-0.2, -0.15) is 5.10 Å². The maximum atomic E-state index is 12.2. The molecule has 3 rings (SSSR count). The van der Waals surface area contributed by atoms with E-state index in [1.807, 2.05) is 49.5 Å². The number of amides is 1. The predicted octanol–water partition coefficient (Wildman–Crippen LogP) is 3.62. The Hall–Kier alpha value is -3.67. The van der Waals surface area contributed by atoms with Crippen molar-refractivity contribution in [1.82, 2.24) is 9.78 Å². The van der Waals surface area contributed by atoms with Gasteiger partial charge in [0.1, 0.15) is 0 Å². The number of rotatable bonds is 5. The van der Waals surface area contributed by atoms with Gasteiger partial charge in [0.25, 0.3) is 0 Å². The number of ether oxygens (including phenoxy) is 1. The number of hydrogen-bond acceptors (Lipinski definition) is 4. The summed E-state index contributed by atoms with van der Waals surface area (Å²) >= 11 is 0. The average Bonchev–Trinajstić information content (AvgIpc) is 3.17. The van der Waals surface area contributed by atoms with E-state index in [1.165, 1.54) is 13.2 Å². The number of esters is 1. The van der Waals surface area contributed by atoms with Crippen LogP contribution < -0.4 is 5.32 Å². The molecule has 1 amide bonds. The highest BCUT2D eigenvalue weighted by Gasteiger charge is 2.13. The van der Waals surface area contributed by atoms with Crippen LogP contribution >= 0.6 is 0 Å². The Kier molecular flexibility index (Phi) is 5.47. The van der Waals surface area contributed by atoms with Gasteiger partial charge in [-0.3, -0.25) is 4.79 Å². The van der Waals surface area contributed by atoms with Crippen LogP contribution in [0.3, 0.4) is 0 Å². The van der Waals surface area contributed by atoms with Gasteiger partial charge in [-0.15, -0.1) is 0 Å². The summed E-state index contributed by atoms with van der Waals surface area (Å²) in [5, 5.41) is 6.99. The number of benzene rings is 2. The lowest BCUT2D eigenvalue weighted by molar-refractivity contribution is -0.111. The lowest BCUT2D eigenvalue weighted by Crippen LogP contribution is -2.13. The van der Waals surface area contributed by atoms with Gasteiger partial charge in [0, 0.05) is 17.8 Å². The van der Waals surface area contributed by atoms with E-state index in [0.717, 1.165) is 16.8 Å². The fourth-order valence-corrected chi connectivity index (χ4v) is 2.54. The van der Waals surface area contributed by atoms with Gasteiger partial charge < -0.3 is 10.1 Å². The topological polar surface area (TPSA) is 73.2 Å². The normalized spacial score (nSPS) is 10.7. The zero-order valence-electron chi connectivity index (χ0n) is 15.0. The first kappa shape index (κ1) is 18.1. The molecule has 0 aliphatic heterocycles. The molecule has 0 unspecified atom stereocenters. The summed E-state index contributed by atoms with van der Waals surface area (Å²) in [6.07, 6.45) is 6.55. The molecule has 0 fully saturated rings. The molecule has 1 aromatic heterocycles. The fraction of sp³-hybridized carbons (Fsp3) is 0.0952. The summed E-state index contributed by atoms with van der Waals surface area (Å²) in [6, 6.07) is 14.9. The van der Waals surface area contributed by atoms with Crippen LogP contribution in [0.25, 0.3) is 11.8 Å². The van der Waals surface area contributed by atoms with Gasteiger partial charge in [-0.1, -0.05) is 29.8 Å². The molecular weight excluding hydrogens is 342 g/mol. The Morgan fingerprint density at radius 3 is 2.67 bits per heavy atom. The standard InChI is InChI=1S/C21H19N3O3/c1-15-8-10-19(18(12-15)21(26)27-2)23-20(25)11-9-16-13-22-24(14-16)17-6-4-3-5-7-17/h3-14H,1-2H3,(H,23,25). The van der Waals surface area contributed by atoms with Gasteiger partial charge in [-0.25, -0.2) is 9.48 Å². The van der Waals surface area contributed by atoms with Crippen molar-refractivity contribution in [3.8, 4) is 5.69 Å². The van der Waals surface area contributed by atoms with Crippen LogP contribution in [0, 0.1) is 6.92 Å². The van der Waals surface area contributed by atoms with Gasteiger partial charge in [0.05, 0.1) is 30.2 Å². The lowest BCUT2D eigenvalue weighted by atomic mass is 10.1. The molecule has 0 aliphatic carbocycles. The fourth-order valence-electron chi connectivity index (χ4n) is 2.54. The monoisotopic (exact) mass is 361 g/mol. The molecule has 0 saturated carbocycles. The second-order valence-corrected chi connectivity index (χ2v) is 5.92. The van der Waals surface area contributed by atoms with E-state index in [-0.39, 0.29) is 5.91 Å². The second kappa shape index (κ2) is 8.14. The summed E-state index contributed by atoms with van der Waals surface area (Å²) in [7, 11) is 1.31. The number of para-hydroxylation sites is 1. The van der Waals surface area contributed by atoms with Crippen molar-refractivity contribution in [1.29, 1.82) is 0 Å². The van der Waals surface area contributed by atoms with Crippen molar-refractivity contribution in [3.63, 3.8) is 0 Å². The van der Waals surface area contributed by atoms with Gasteiger partial charge >= 0.3 is 5.97 Å². The number of nitrogens with zero attached hydrogens (tertiary/aromatic N) is 2. The molecule has 0 aliphatic rings. The summed E-state index contributed by atoms with van der Waals surface area (Å²) < 4.78 is 6.50. The molecule has 1 heterocycles. The second-order valence-electron chi connectivity index (χ2n) is 5.92. The Balaban J connectivity index is 1.72. The van der Waals surface area contributed by atoms with Crippen molar-refractivity contribution < 1.29 is 14.3 Å². The van der Waals surface area contributed by atoms with Crippen LogP contribution in [-0.2, 0) is 9.53 Å². The third-order valence-corrected chi connectivity index (χ3v) is 3.89. The minimum absolute atomic E-state index is 0.316. The van der Waals surface area contributed by atoms with Gasteiger partial charge in [-0.05, 0) is 37.3 Å². The SMILES string of the molecule is COC(=O)c1cc(C)ccc1NC(=O)C=Cc1cnn(-c2ccccc2)c1. The Labute approximate surface area is 157 Å². The van der Waals surface area contributed by atoms with E-state index in [2.05, 4.69) is 10.4 Å². The number of carbonyl (C=O) groups is 2. The van der Waals surface area contributed by atoms with Crippen LogP contribution in [0.2, 0.25) is 0 Å². The van der Waals surface area contributed by atoms with E-state index in [4.69, 9.17) is 4.74 Å². The quantitative estimate of drug-likeness (QED) is 0.556. The van der Waals surface area contributed by atoms with Crippen molar-refractivity contribution in [3.05, 3.63) is 83.7 Å². The third kappa shape index (κ3) is 4.49. The molecule has 0 bridgehead atoms. The van der Waals surface area contributed by atoms with E-state index in [1.54, 1.807) is 29.1 Å². The summed E-state index contributed by atoms with van der Waals surface area (Å²) in [4.78, 5) is 24.1. The van der Waals surface area contributed by atoms with Crippen molar-refractivity contribution in [2.45, 2.75) is 6.92 Å². The molecule has 136 valence electrons. The van der Waals surface area contributed by atoms with Crippen LogP contribution in [0.15, 0.2) is 67.0 Å². The molecule has 2 aromatic carbocycles. The average molecular weight is 361 g/mol. The van der Waals surface area contributed by atoms with E-state index < -0.39 is 5.97 Å². The zero-order chi connectivity index (χ0) is 19.2. The zero-order valence-corrected chi connectivity index (χ0v) is 15.0. The molecule has 0 atom stereocenters. The molecule has 1 N–H and O–H groups in total. The molecular formula is C21H19N3O3. The maximum Gasteiger partial charge on any atom is 0.339 e. The van der Waals surface area contributed by atoms with Crippen LogP contribution in [0.5, 0.6) is 0 Å². The number of hydrogen-bond donors (Lipinski definition) is 1. The molecule has 27 heavy (non-hydrogen) atoms. The molecule has 0 saturated heterocycles. The molecule has 0 radical (unpaired) electrons. The smallest absolute Gasteiger partial charge is 0.339 e. The molecule has 0 spiro atoms. The van der Waals surface area contributed by atoms with E-state index in [9.17, 15) is 9.59 Å². The highest BCUT2D eigenvalue weighted by molar-refractivity contribution is 6.06. The molecule has 3 aromatic rings. The maximum absolute atomic E-state index is 12.2. The highest BCUT2D eigenvalue weighted by Crippen LogP contribution is 2.18. The predicted molar refractivity (Wildman–Crippen MR) is 104 cm³/mol. The Morgan fingerprint density at radius 2 is 1.93 bits per heavy atom. The minimum Gasteiger partial charge on any atom is -0.465 e. The third-order valence-electron chi connectivity index (χ3n) is 3.89. The summed E-state index contributed by atoms with van der Waals surface area (Å²) in [5.74, 6) is -0.849. The van der Waals surface area contributed by atoms with Crippen LogP contribution in [-0.4, -0.2) is 28.8 Å². The Morgan fingerprint density at radius 1 is 1.15 bits per heavy atom.